The fourth-order valence-electron chi connectivity index (χ4n) is 3.01. The van der Waals surface area contributed by atoms with Crippen LogP contribution in [0.4, 0.5) is 5.69 Å². The summed E-state index contributed by atoms with van der Waals surface area (Å²) in [6.45, 7) is 2.64. The van der Waals surface area contributed by atoms with Gasteiger partial charge in [-0.15, -0.1) is 10.2 Å². The highest BCUT2D eigenvalue weighted by molar-refractivity contribution is 7.13. The Hall–Kier alpha value is -3.46. The third kappa shape index (κ3) is 5.58. The maximum absolute atomic E-state index is 12.3. The van der Waals surface area contributed by atoms with Crippen LogP contribution in [0.25, 0.3) is 0 Å². The summed E-state index contributed by atoms with van der Waals surface area (Å²) in [5.41, 5.74) is 2.79. The van der Waals surface area contributed by atoms with Crippen LogP contribution in [0.3, 0.4) is 0 Å². The van der Waals surface area contributed by atoms with E-state index in [0.717, 1.165) is 21.9 Å². The number of nitrogens with one attached hydrogen (secondary N) is 2. The number of carbonyl (C=O) groups is 2. The summed E-state index contributed by atoms with van der Waals surface area (Å²) in [6.07, 6.45) is 1.59. The van der Waals surface area contributed by atoms with Gasteiger partial charge in [-0.2, -0.15) is 0 Å². The second kappa shape index (κ2) is 9.57. The number of anilines is 1. The lowest BCUT2D eigenvalue weighted by Gasteiger charge is -2.06. The minimum absolute atomic E-state index is 0.0421. The molecule has 2 amide bonds. The molecular weight excluding hydrogens is 416 g/mol. The van der Waals surface area contributed by atoms with Gasteiger partial charge in [0.05, 0.1) is 0 Å². The van der Waals surface area contributed by atoms with Gasteiger partial charge in [-0.25, -0.2) is 0 Å². The molecule has 2 N–H and O–H groups in total. The van der Waals surface area contributed by atoms with Gasteiger partial charge in [0.15, 0.2) is 11.5 Å². The van der Waals surface area contributed by atoms with Gasteiger partial charge in [0, 0.05) is 25.1 Å². The van der Waals surface area contributed by atoms with Crippen molar-refractivity contribution >= 4 is 28.8 Å². The molecule has 0 unspecified atom stereocenters. The maximum Gasteiger partial charge on any atom is 0.286 e. The van der Waals surface area contributed by atoms with Gasteiger partial charge in [0.25, 0.3) is 5.91 Å². The number of hydrogen-bond acceptors (Lipinski definition) is 7. The Morgan fingerprint density at radius 3 is 2.71 bits per heavy atom. The molecule has 0 spiro atoms. The molecule has 0 fully saturated rings. The summed E-state index contributed by atoms with van der Waals surface area (Å²) < 4.78 is 10.6. The first kappa shape index (κ1) is 20.8. The predicted octanol–water partition coefficient (Wildman–Crippen LogP) is 3.47. The minimum Gasteiger partial charge on any atom is -0.454 e. The number of fused-ring (bicyclic) bond motifs is 1. The zero-order chi connectivity index (χ0) is 21.6. The number of rotatable bonds is 8. The Kier molecular flexibility index (Phi) is 6.42. The SMILES string of the molecule is Cc1ccc(NC(=O)c2nnc(CCCC(=O)NCc3ccc4c(c3)OCO4)s2)cc1. The summed E-state index contributed by atoms with van der Waals surface area (Å²) in [7, 11) is 0. The summed E-state index contributed by atoms with van der Waals surface area (Å²) in [5.74, 6) is 1.10. The molecule has 9 heteroatoms. The molecule has 0 aliphatic carbocycles. The molecule has 0 radical (unpaired) electrons. The zero-order valence-corrected chi connectivity index (χ0v) is 17.8. The van der Waals surface area contributed by atoms with E-state index < -0.39 is 0 Å². The quantitative estimate of drug-likeness (QED) is 0.558. The normalized spacial score (nSPS) is 11.9. The number of hydrogen-bond donors (Lipinski definition) is 2. The number of carbonyl (C=O) groups excluding carboxylic acids is 2. The van der Waals surface area contributed by atoms with Crippen molar-refractivity contribution in [3.05, 3.63) is 63.6 Å². The van der Waals surface area contributed by atoms with Crippen LogP contribution in [0.1, 0.15) is 38.8 Å². The summed E-state index contributed by atoms with van der Waals surface area (Å²) >= 11 is 1.24. The molecule has 4 rings (SSSR count). The number of ether oxygens (including phenoxy) is 2. The second-order valence-corrected chi connectivity index (χ2v) is 8.20. The van der Waals surface area contributed by atoms with E-state index in [2.05, 4.69) is 20.8 Å². The van der Waals surface area contributed by atoms with Gasteiger partial charge in [0.2, 0.25) is 17.7 Å². The molecule has 160 valence electrons. The predicted molar refractivity (Wildman–Crippen MR) is 116 cm³/mol. The van der Waals surface area contributed by atoms with E-state index in [1.54, 1.807) is 0 Å². The van der Waals surface area contributed by atoms with E-state index in [1.807, 2.05) is 49.4 Å². The van der Waals surface area contributed by atoms with Crippen LogP contribution in [0.2, 0.25) is 0 Å². The molecule has 1 aromatic heterocycles. The Balaban J connectivity index is 1.19. The molecule has 2 aromatic carbocycles. The molecule has 8 nitrogen and oxygen atoms in total. The van der Waals surface area contributed by atoms with Gasteiger partial charge < -0.3 is 20.1 Å². The number of nitrogens with zero attached hydrogens (tertiary/aromatic N) is 2. The van der Waals surface area contributed by atoms with E-state index >= 15 is 0 Å². The van der Waals surface area contributed by atoms with Crippen LogP contribution in [0.15, 0.2) is 42.5 Å². The highest BCUT2D eigenvalue weighted by Gasteiger charge is 2.15. The van der Waals surface area contributed by atoms with Crippen molar-refractivity contribution in [1.29, 1.82) is 0 Å². The molecule has 3 aromatic rings. The van der Waals surface area contributed by atoms with Gasteiger partial charge >= 0.3 is 0 Å². The fourth-order valence-corrected chi connectivity index (χ4v) is 3.78. The van der Waals surface area contributed by atoms with Crippen LogP contribution in [0.5, 0.6) is 11.5 Å². The molecule has 0 saturated heterocycles. The van der Waals surface area contributed by atoms with Crippen molar-refractivity contribution in [2.75, 3.05) is 12.1 Å². The van der Waals surface area contributed by atoms with E-state index in [0.29, 0.717) is 42.3 Å². The number of aromatic nitrogens is 2. The first-order valence-electron chi connectivity index (χ1n) is 9.92. The van der Waals surface area contributed by atoms with Crippen LogP contribution in [-0.4, -0.2) is 28.8 Å². The average molecular weight is 439 g/mol. The Bertz CT molecular complexity index is 1080. The van der Waals surface area contributed by atoms with Crippen molar-refractivity contribution in [1.82, 2.24) is 15.5 Å². The lowest BCUT2D eigenvalue weighted by molar-refractivity contribution is -0.121. The van der Waals surface area contributed by atoms with Crippen molar-refractivity contribution < 1.29 is 19.1 Å². The smallest absolute Gasteiger partial charge is 0.286 e. The molecule has 31 heavy (non-hydrogen) atoms. The largest absolute Gasteiger partial charge is 0.454 e. The lowest BCUT2D eigenvalue weighted by atomic mass is 10.2. The van der Waals surface area contributed by atoms with Gasteiger partial charge in [-0.1, -0.05) is 35.1 Å². The van der Waals surface area contributed by atoms with Gasteiger partial charge in [-0.3, -0.25) is 9.59 Å². The van der Waals surface area contributed by atoms with Crippen molar-refractivity contribution in [3.8, 4) is 11.5 Å². The monoisotopic (exact) mass is 438 g/mol. The van der Waals surface area contributed by atoms with Crippen LogP contribution in [-0.2, 0) is 17.8 Å². The third-order valence-corrected chi connectivity index (χ3v) is 5.67. The van der Waals surface area contributed by atoms with Crippen molar-refractivity contribution in [3.63, 3.8) is 0 Å². The van der Waals surface area contributed by atoms with E-state index in [4.69, 9.17) is 9.47 Å². The van der Waals surface area contributed by atoms with Gasteiger partial charge in [0.1, 0.15) is 5.01 Å². The summed E-state index contributed by atoms with van der Waals surface area (Å²) in [6, 6.07) is 13.2. The van der Waals surface area contributed by atoms with Crippen LogP contribution in [0, 0.1) is 6.92 Å². The molecule has 0 atom stereocenters. The number of amides is 2. The van der Waals surface area contributed by atoms with Gasteiger partial charge in [-0.05, 0) is 43.2 Å². The summed E-state index contributed by atoms with van der Waals surface area (Å²) in [5, 5.41) is 14.8. The molecular formula is C22H22N4O4S. The standard InChI is InChI=1S/C22H22N4O4S/c1-14-5-8-16(9-6-14)24-21(28)22-26-25-20(31-22)4-2-3-19(27)23-12-15-7-10-17-18(11-15)30-13-29-17/h5-11H,2-4,12-13H2,1H3,(H,23,27)(H,24,28). The highest BCUT2D eigenvalue weighted by atomic mass is 32.1. The zero-order valence-electron chi connectivity index (χ0n) is 17.0. The fraction of sp³-hybridized carbons (Fsp3) is 0.273. The Morgan fingerprint density at radius 2 is 1.87 bits per heavy atom. The first-order valence-corrected chi connectivity index (χ1v) is 10.7. The molecule has 1 aliphatic rings. The van der Waals surface area contributed by atoms with Crippen molar-refractivity contribution in [2.24, 2.45) is 0 Å². The van der Waals surface area contributed by atoms with E-state index in [9.17, 15) is 9.59 Å². The lowest BCUT2D eigenvalue weighted by Crippen LogP contribution is -2.22. The third-order valence-electron chi connectivity index (χ3n) is 4.69. The van der Waals surface area contributed by atoms with Crippen LogP contribution >= 0.6 is 11.3 Å². The minimum atomic E-state index is -0.283. The topological polar surface area (TPSA) is 102 Å². The van der Waals surface area contributed by atoms with Crippen molar-refractivity contribution in [2.45, 2.75) is 32.7 Å². The highest BCUT2D eigenvalue weighted by Crippen LogP contribution is 2.32. The summed E-state index contributed by atoms with van der Waals surface area (Å²) in [4.78, 5) is 24.4. The van der Waals surface area contributed by atoms with E-state index in [-0.39, 0.29) is 18.6 Å². The average Bonchev–Trinajstić information content (AvgIpc) is 3.43. The molecule has 0 saturated carbocycles. The number of aryl methyl sites for hydroxylation is 2. The Morgan fingerprint density at radius 1 is 1.06 bits per heavy atom. The first-order chi connectivity index (χ1) is 15.1. The molecule has 1 aliphatic heterocycles. The Labute approximate surface area is 183 Å². The molecule has 0 bridgehead atoms. The van der Waals surface area contributed by atoms with Crippen LogP contribution < -0.4 is 20.1 Å². The maximum atomic E-state index is 12.3. The second-order valence-electron chi connectivity index (χ2n) is 7.14. The van der Waals surface area contributed by atoms with E-state index in [1.165, 1.54) is 11.3 Å². The molecule has 2 heterocycles. The number of benzene rings is 2.